The van der Waals surface area contributed by atoms with Crippen LogP contribution in [0, 0.1) is 5.92 Å². The first-order valence-electron chi connectivity index (χ1n) is 9.63. The largest absolute Gasteiger partial charge is 1.00 e. The Hall–Kier alpha value is -3.55. The SMILES string of the molecule is CC(=O)O.CC(=O)Oc1cc2c(cc1[O-])OC1=CC(O)=C=C[C]1C21OC(=O)c2ccccc21.[Hg+]. The topological polar surface area (TPSA) is 142 Å². The van der Waals surface area contributed by atoms with Gasteiger partial charge in [-0.05, 0) is 24.3 Å². The van der Waals surface area contributed by atoms with Crippen molar-refractivity contribution in [1.82, 2.24) is 0 Å². The molecule has 1 aliphatic carbocycles. The smallest absolute Gasteiger partial charge is 0.870 e. The van der Waals surface area contributed by atoms with Crippen LogP contribution in [0.3, 0.4) is 0 Å². The molecule has 0 aromatic heterocycles. The van der Waals surface area contributed by atoms with Gasteiger partial charge in [0.25, 0.3) is 5.97 Å². The van der Waals surface area contributed by atoms with Crippen molar-refractivity contribution in [2.45, 2.75) is 19.4 Å². The molecule has 0 fully saturated rings. The second kappa shape index (κ2) is 9.36. The minimum atomic E-state index is -1.44. The number of ether oxygens (including phenoxy) is 3. The molecule has 2 aliphatic heterocycles. The van der Waals surface area contributed by atoms with E-state index in [2.05, 4.69) is 5.73 Å². The van der Waals surface area contributed by atoms with E-state index in [1.807, 2.05) is 0 Å². The van der Waals surface area contributed by atoms with Gasteiger partial charge in [0.2, 0.25) is 0 Å². The Kier molecular flexibility index (Phi) is 6.90. The number of carbonyl (C=O) groups excluding carboxylic acids is 2. The van der Waals surface area contributed by atoms with Gasteiger partial charge in [-0.3, -0.25) is 9.59 Å². The maximum absolute atomic E-state index is 12.7. The number of aliphatic hydroxyl groups is 1. The number of rotatable bonds is 1. The van der Waals surface area contributed by atoms with Crippen molar-refractivity contribution in [3.05, 3.63) is 88.4 Å². The Morgan fingerprint density at radius 3 is 2.50 bits per heavy atom. The van der Waals surface area contributed by atoms with Crippen molar-refractivity contribution < 1.29 is 71.6 Å². The van der Waals surface area contributed by atoms with Crippen LogP contribution in [0.4, 0.5) is 0 Å². The predicted octanol–water partition coefficient (Wildman–Crippen LogP) is 2.65. The van der Waals surface area contributed by atoms with E-state index < -0.39 is 29.3 Å². The molecule has 0 amide bonds. The molecule has 168 valence electrons. The van der Waals surface area contributed by atoms with Crippen LogP contribution in [0.1, 0.15) is 35.3 Å². The van der Waals surface area contributed by atoms with E-state index in [1.165, 1.54) is 31.2 Å². The second-order valence-corrected chi connectivity index (χ2v) is 7.22. The fourth-order valence-corrected chi connectivity index (χ4v) is 3.84. The molecule has 0 saturated heterocycles. The zero-order valence-corrected chi connectivity index (χ0v) is 23.6. The van der Waals surface area contributed by atoms with E-state index in [0.29, 0.717) is 22.6 Å². The third-order valence-corrected chi connectivity index (χ3v) is 4.95. The molecule has 5 rings (SSSR count). The molecule has 0 saturated carbocycles. The van der Waals surface area contributed by atoms with Crippen molar-refractivity contribution in [2.75, 3.05) is 0 Å². The third kappa shape index (κ3) is 4.20. The number of carbonyl (C=O) groups is 3. The minimum Gasteiger partial charge on any atom is -0.870 e. The summed E-state index contributed by atoms with van der Waals surface area (Å²) in [6, 6.07) is 9.37. The first-order valence-corrected chi connectivity index (χ1v) is 9.63. The summed E-state index contributed by atoms with van der Waals surface area (Å²) < 4.78 is 16.8. The van der Waals surface area contributed by atoms with Gasteiger partial charge >= 0.3 is 39.6 Å². The van der Waals surface area contributed by atoms with E-state index in [4.69, 9.17) is 24.1 Å². The molecule has 2 N–H and O–H groups in total. The Bertz CT molecular complexity index is 1300. The molecule has 2 heterocycles. The molecule has 2 aromatic carbocycles. The van der Waals surface area contributed by atoms with Crippen LogP contribution in [0.5, 0.6) is 17.2 Å². The number of hydrogen-bond acceptors (Lipinski definition) is 8. The van der Waals surface area contributed by atoms with Crippen molar-refractivity contribution in [3.8, 4) is 17.2 Å². The molecular weight excluding hydrogens is 633 g/mol. The van der Waals surface area contributed by atoms with Gasteiger partial charge in [0.15, 0.2) is 11.4 Å². The summed E-state index contributed by atoms with van der Waals surface area (Å²) in [5, 5.41) is 29.7. The minimum absolute atomic E-state index is 0. The van der Waals surface area contributed by atoms with Gasteiger partial charge < -0.3 is 29.5 Å². The monoisotopic (exact) mass is 650 g/mol. The summed E-state index contributed by atoms with van der Waals surface area (Å²) in [5.74, 6) is -2.20. The maximum Gasteiger partial charge on any atom is 1.00 e. The van der Waals surface area contributed by atoms with Crippen LogP contribution in [0.25, 0.3) is 0 Å². The molecule has 2 radical (unpaired) electrons. The van der Waals surface area contributed by atoms with Gasteiger partial charge in [-0.1, -0.05) is 29.7 Å². The standard InChI is InChI=1S/C22H13O7.C2H4O2.Hg/c1-11(23)27-20-9-16-19(10-17(20)25)28-18-8-12(24)6-7-15(18)22(16)14-5-3-2-4-13(14)21(26)29-22;1-2(3)4;/h2-5,7-10,24-25H,1H3;1H3,(H,3,4);/q;;+1/p-1. The van der Waals surface area contributed by atoms with Crippen LogP contribution < -0.4 is 14.6 Å². The average molecular weight is 649 g/mol. The zero-order chi connectivity index (χ0) is 23.9. The fraction of sp³-hybridized carbons (Fsp3) is 0.125. The molecule has 34 heavy (non-hydrogen) atoms. The number of carboxylic acids is 1. The van der Waals surface area contributed by atoms with Gasteiger partial charge in [0, 0.05) is 31.1 Å². The van der Waals surface area contributed by atoms with Crippen molar-refractivity contribution in [3.63, 3.8) is 0 Å². The normalized spacial score (nSPS) is 18.9. The number of fused-ring (bicyclic) bond motifs is 6. The third-order valence-electron chi connectivity index (χ3n) is 4.95. The Balaban J connectivity index is 0.000000603. The molecule has 3 aliphatic rings. The van der Waals surface area contributed by atoms with Gasteiger partial charge in [-0.15, -0.1) is 0 Å². The first-order chi connectivity index (χ1) is 15.6. The summed E-state index contributed by atoms with van der Waals surface area (Å²) in [6.45, 7) is 2.27. The molecule has 1 atom stereocenters. The van der Waals surface area contributed by atoms with E-state index >= 15 is 0 Å². The van der Waals surface area contributed by atoms with Crippen molar-refractivity contribution >= 4 is 17.9 Å². The Morgan fingerprint density at radius 1 is 1.15 bits per heavy atom. The van der Waals surface area contributed by atoms with Gasteiger partial charge in [-0.2, -0.15) is 0 Å². The molecule has 0 bridgehead atoms. The summed E-state index contributed by atoms with van der Waals surface area (Å²) >= 11 is 0. The number of carboxylic acid groups (broad SMARTS) is 1. The molecule has 1 spiro atoms. The van der Waals surface area contributed by atoms with E-state index in [9.17, 15) is 19.8 Å². The van der Waals surface area contributed by atoms with Crippen molar-refractivity contribution in [1.29, 1.82) is 0 Å². The Morgan fingerprint density at radius 2 is 1.82 bits per heavy atom. The van der Waals surface area contributed by atoms with Crippen LogP contribution in [0.2, 0.25) is 0 Å². The molecule has 10 heteroatoms. The summed E-state index contributed by atoms with van der Waals surface area (Å²) in [6.07, 6.45) is 2.80. The van der Waals surface area contributed by atoms with E-state index in [-0.39, 0.29) is 50.7 Å². The molecule has 1 unspecified atom stereocenters. The summed E-state index contributed by atoms with van der Waals surface area (Å²) in [5.41, 5.74) is 2.48. The summed E-state index contributed by atoms with van der Waals surface area (Å²) in [4.78, 5) is 33.1. The second-order valence-electron chi connectivity index (χ2n) is 7.22. The van der Waals surface area contributed by atoms with E-state index in [0.717, 1.165) is 6.92 Å². The average Bonchev–Trinajstić information content (AvgIpc) is 3.02. The maximum atomic E-state index is 12.7. The van der Waals surface area contributed by atoms with Crippen LogP contribution in [0.15, 0.2) is 65.8 Å². The molecular formula is C24H16HgO9. The fourth-order valence-electron chi connectivity index (χ4n) is 3.84. The van der Waals surface area contributed by atoms with Gasteiger partial charge in [-0.25, -0.2) is 4.79 Å². The number of hydrogen-bond donors (Lipinski definition) is 2. The molecule has 2 aromatic rings. The summed E-state index contributed by atoms with van der Waals surface area (Å²) in [7, 11) is 0. The van der Waals surface area contributed by atoms with Crippen LogP contribution in [-0.2, 0) is 47.6 Å². The van der Waals surface area contributed by atoms with E-state index in [1.54, 1.807) is 24.3 Å². The zero-order valence-electron chi connectivity index (χ0n) is 18.1. The van der Waals surface area contributed by atoms with Crippen LogP contribution >= 0.6 is 0 Å². The number of benzene rings is 2. The van der Waals surface area contributed by atoms with Gasteiger partial charge in [0.1, 0.15) is 23.2 Å². The van der Waals surface area contributed by atoms with Crippen molar-refractivity contribution in [2.24, 2.45) is 0 Å². The quantitative estimate of drug-likeness (QED) is 0.207. The number of esters is 2. The van der Waals surface area contributed by atoms with Gasteiger partial charge in [0.05, 0.1) is 5.56 Å². The number of aliphatic hydroxyl groups excluding tert-OH is 1. The first kappa shape index (κ1) is 25.1. The number of aliphatic carboxylic acids is 1. The predicted molar refractivity (Wildman–Crippen MR) is 109 cm³/mol. The molecule has 9 nitrogen and oxygen atoms in total. The Labute approximate surface area is 214 Å². The van der Waals surface area contributed by atoms with Crippen LogP contribution in [-0.4, -0.2) is 28.1 Å².